The Kier molecular flexibility index (Phi) is 2.45. The van der Waals surface area contributed by atoms with Crippen LogP contribution in [0.15, 0.2) is 40.8 Å². The third-order valence-electron chi connectivity index (χ3n) is 4.38. The number of fused-ring (bicyclic) bond motifs is 3. The number of carbonyl (C=O) groups excluding carboxylic acids is 1. The Morgan fingerprint density at radius 2 is 1.90 bits per heavy atom. The summed E-state index contributed by atoms with van der Waals surface area (Å²) in [4.78, 5) is 22.8. The number of nitrogens with one attached hydrogen (secondary N) is 1. The van der Waals surface area contributed by atoms with E-state index in [1.165, 1.54) is 23.3 Å². The predicted molar refractivity (Wildman–Crippen MR) is 73.3 cm³/mol. The Balaban J connectivity index is 1.47. The molecule has 21 heavy (non-hydrogen) atoms. The zero-order valence-corrected chi connectivity index (χ0v) is 11.1. The SMILES string of the molecule is O=C(O)c1ccc(C(=O)NC2C3Cc4ccccc4C32)o1. The summed E-state index contributed by atoms with van der Waals surface area (Å²) in [6.45, 7) is 0. The minimum Gasteiger partial charge on any atom is -0.475 e. The van der Waals surface area contributed by atoms with Crippen LogP contribution in [0.25, 0.3) is 0 Å². The van der Waals surface area contributed by atoms with Crippen molar-refractivity contribution in [3.8, 4) is 0 Å². The molecule has 4 rings (SSSR count). The molecule has 2 N–H and O–H groups in total. The molecule has 1 amide bonds. The molecule has 106 valence electrons. The lowest BCUT2D eigenvalue weighted by molar-refractivity contribution is 0.0659. The smallest absolute Gasteiger partial charge is 0.371 e. The van der Waals surface area contributed by atoms with E-state index in [2.05, 4.69) is 17.4 Å². The monoisotopic (exact) mass is 283 g/mol. The van der Waals surface area contributed by atoms with Crippen molar-refractivity contribution in [3.05, 3.63) is 59.0 Å². The summed E-state index contributed by atoms with van der Waals surface area (Å²) in [5, 5.41) is 11.7. The van der Waals surface area contributed by atoms with Crippen LogP contribution in [0, 0.1) is 5.92 Å². The topological polar surface area (TPSA) is 79.5 Å². The molecule has 2 aliphatic carbocycles. The summed E-state index contributed by atoms with van der Waals surface area (Å²) < 4.78 is 5.02. The van der Waals surface area contributed by atoms with Crippen molar-refractivity contribution in [2.24, 2.45) is 5.92 Å². The summed E-state index contributed by atoms with van der Waals surface area (Å²) in [7, 11) is 0. The van der Waals surface area contributed by atoms with Gasteiger partial charge in [0.05, 0.1) is 0 Å². The highest BCUT2D eigenvalue weighted by atomic mass is 16.4. The van der Waals surface area contributed by atoms with Gasteiger partial charge in [-0.25, -0.2) is 4.79 Å². The fraction of sp³-hybridized carbons (Fsp3) is 0.250. The van der Waals surface area contributed by atoms with E-state index in [4.69, 9.17) is 9.52 Å². The molecule has 0 bridgehead atoms. The number of furan rings is 1. The lowest BCUT2D eigenvalue weighted by Crippen LogP contribution is -2.28. The van der Waals surface area contributed by atoms with Crippen molar-refractivity contribution in [1.82, 2.24) is 5.32 Å². The van der Waals surface area contributed by atoms with Crippen LogP contribution in [0.1, 0.15) is 38.2 Å². The molecule has 2 aliphatic rings. The molecular formula is C16H13NO4. The van der Waals surface area contributed by atoms with Crippen molar-refractivity contribution in [2.45, 2.75) is 18.4 Å². The second-order valence-corrected chi connectivity index (χ2v) is 5.56. The molecule has 1 heterocycles. The summed E-state index contributed by atoms with van der Waals surface area (Å²) in [6.07, 6.45) is 0.990. The van der Waals surface area contributed by atoms with Crippen LogP contribution >= 0.6 is 0 Å². The Morgan fingerprint density at radius 3 is 2.67 bits per heavy atom. The summed E-state index contributed by atoms with van der Waals surface area (Å²) in [5.74, 6) is -0.850. The molecule has 0 saturated heterocycles. The van der Waals surface area contributed by atoms with E-state index in [1.807, 2.05) is 12.1 Å². The van der Waals surface area contributed by atoms with Gasteiger partial charge in [0.1, 0.15) is 0 Å². The molecule has 3 unspecified atom stereocenters. The van der Waals surface area contributed by atoms with Crippen LogP contribution in [-0.2, 0) is 6.42 Å². The highest BCUT2D eigenvalue weighted by molar-refractivity contribution is 5.94. The zero-order valence-electron chi connectivity index (χ0n) is 11.1. The van der Waals surface area contributed by atoms with Crippen molar-refractivity contribution in [3.63, 3.8) is 0 Å². The van der Waals surface area contributed by atoms with E-state index in [1.54, 1.807) is 0 Å². The number of hydrogen-bond acceptors (Lipinski definition) is 3. The average molecular weight is 283 g/mol. The van der Waals surface area contributed by atoms with Gasteiger partial charge in [0, 0.05) is 12.0 Å². The van der Waals surface area contributed by atoms with Gasteiger partial charge in [0.15, 0.2) is 5.76 Å². The number of benzene rings is 1. The summed E-state index contributed by atoms with van der Waals surface area (Å²) in [6, 6.07) is 11.1. The van der Waals surface area contributed by atoms with Gasteiger partial charge in [-0.05, 0) is 35.6 Å². The van der Waals surface area contributed by atoms with E-state index >= 15 is 0 Å². The number of amides is 1. The van der Waals surface area contributed by atoms with Gasteiger partial charge in [-0.2, -0.15) is 0 Å². The minimum absolute atomic E-state index is 0.0469. The number of aromatic carboxylic acids is 1. The van der Waals surface area contributed by atoms with Crippen molar-refractivity contribution in [2.75, 3.05) is 0 Å². The molecule has 5 nitrogen and oxygen atoms in total. The average Bonchev–Trinajstić information content (AvgIpc) is 2.89. The molecule has 2 aromatic rings. The number of hydrogen-bond donors (Lipinski definition) is 2. The third-order valence-corrected chi connectivity index (χ3v) is 4.38. The van der Waals surface area contributed by atoms with Crippen LogP contribution < -0.4 is 5.32 Å². The molecular weight excluding hydrogens is 270 g/mol. The van der Waals surface area contributed by atoms with Gasteiger partial charge in [0.25, 0.3) is 5.91 Å². The predicted octanol–water partition coefficient (Wildman–Crippen LogP) is 2.05. The van der Waals surface area contributed by atoms with Gasteiger partial charge < -0.3 is 14.8 Å². The van der Waals surface area contributed by atoms with Gasteiger partial charge in [-0.1, -0.05) is 24.3 Å². The first-order valence-electron chi connectivity index (χ1n) is 6.87. The maximum atomic E-state index is 12.1. The first-order valence-corrected chi connectivity index (χ1v) is 6.87. The number of carboxylic acids is 1. The molecule has 1 saturated carbocycles. The fourth-order valence-corrected chi connectivity index (χ4v) is 3.35. The van der Waals surface area contributed by atoms with Gasteiger partial charge in [-0.3, -0.25) is 4.79 Å². The maximum Gasteiger partial charge on any atom is 0.371 e. The van der Waals surface area contributed by atoms with E-state index in [-0.39, 0.29) is 23.5 Å². The van der Waals surface area contributed by atoms with Gasteiger partial charge in [-0.15, -0.1) is 0 Å². The van der Waals surface area contributed by atoms with E-state index in [0.29, 0.717) is 11.8 Å². The van der Waals surface area contributed by atoms with Crippen molar-refractivity contribution < 1.29 is 19.1 Å². The Labute approximate surface area is 120 Å². The van der Waals surface area contributed by atoms with E-state index in [9.17, 15) is 9.59 Å². The maximum absolute atomic E-state index is 12.1. The Hall–Kier alpha value is -2.56. The number of carbonyl (C=O) groups is 2. The molecule has 1 fully saturated rings. The normalized spacial score (nSPS) is 25.0. The zero-order chi connectivity index (χ0) is 14.6. The van der Waals surface area contributed by atoms with E-state index < -0.39 is 5.97 Å². The molecule has 0 aliphatic heterocycles. The largest absolute Gasteiger partial charge is 0.475 e. The molecule has 0 spiro atoms. The molecule has 1 aromatic heterocycles. The number of rotatable bonds is 3. The molecule has 0 radical (unpaired) electrons. The highest BCUT2D eigenvalue weighted by Crippen LogP contribution is 2.56. The van der Waals surface area contributed by atoms with E-state index in [0.717, 1.165) is 6.42 Å². The molecule has 5 heteroatoms. The Bertz CT molecular complexity index is 748. The lowest BCUT2D eigenvalue weighted by atomic mass is 10.1. The first-order chi connectivity index (χ1) is 10.1. The Morgan fingerprint density at radius 1 is 1.14 bits per heavy atom. The first kappa shape index (κ1) is 12.2. The second-order valence-electron chi connectivity index (χ2n) is 5.56. The van der Waals surface area contributed by atoms with Crippen LogP contribution in [0.3, 0.4) is 0 Å². The molecule has 3 atom stereocenters. The summed E-state index contributed by atoms with van der Waals surface area (Å²) in [5.41, 5.74) is 2.68. The fourth-order valence-electron chi connectivity index (χ4n) is 3.35. The highest BCUT2D eigenvalue weighted by Gasteiger charge is 2.56. The van der Waals surface area contributed by atoms with Crippen molar-refractivity contribution >= 4 is 11.9 Å². The lowest BCUT2D eigenvalue weighted by Gasteiger charge is -2.08. The summed E-state index contributed by atoms with van der Waals surface area (Å²) >= 11 is 0. The van der Waals surface area contributed by atoms with Gasteiger partial charge in [0.2, 0.25) is 5.76 Å². The quantitative estimate of drug-likeness (QED) is 0.903. The van der Waals surface area contributed by atoms with Crippen LogP contribution in [0.4, 0.5) is 0 Å². The second kappa shape index (κ2) is 4.22. The molecule has 1 aromatic carbocycles. The minimum atomic E-state index is -1.17. The standard InChI is InChI=1S/C16H13NO4/c18-15(11-5-6-12(21-11)16(19)20)17-14-10-7-8-3-1-2-4-9(8)13(10)14/h1-6,10,13-14H,7H2,(H,17,18)(H,19,20). The van der Waals surface area contributed by atoms with Crippen molar-refractivity contribution in [1.29, 1.82) is 0 Å². The van der Waals surface area contributed by atoms with Crippen LogP contribution in [0.2, 0.25) is 0 Å². The number of carboxylic acid groups (broad SMARTS) is 1. The van der Waals surface area contributed by atoms with Gasteiger partial charge >= 0.3 is 5.97 Å². The van der Waals surface area contributed by atoms with Crippen LogP contribution in [-0.4, -0.2) is 23.0 Å². The van der Waals surface area contributed by atoms with Crippen LogP contribution in [0.5, 0.6) is 0 Å². The third kappa shape index (κ3) is 1.85.